The minimum absolute atomic E-state index is 0.0526. The Labute approximate surface area is 142 Å². The van der Waals surface area contributed by atoms with Crippen LogP contribution in [0.25, 0.3) is 0 Å². The molecule has 0 aromatic carbocycles. The number of thiazole rings is 1. The van der Waals surface area contributed by atoms with Gasteiger partial charge in [-0.05, 0) is 0 Å². The third kappa shape index (κ3) is 4.13. The molecule has 0 saturated heterocycles. The predicted molar refractivity (Wildman–Crippen MR) is 91.3 cm³/mol. The van der Waals surface area contributed by atoms with Crippen LogP contribution >= 0.6 is 27.3 Å². The zero-order valence-corrected chi connectivity index (χ0v) is 17.6. The van der Waals surface area contributed by atoms with Crippen LogP contribution in [0.5, 0.6) is 0 Å². The number of anilines is 1. The first kappa shape index (κ1) is 16.6. The van der Waals surface area contributed by atoms with E-state index in [4.69, 9.17) is 0 Å². The van der Waals surface area contributed by atoms with Gasteiger partial charge in [0.2, 0.25) is 0 Å². The Kier molecular flexibility index (Phi) is 5.55. The van der Waals surface area contributed by atoms with Crippen LogP contribution in [0.4, 0.5) is 11.5 Å². The molecule has 112 valence electrons. The summed E-state index contributed by atoms with van der Waals surface area (Å²) in [4.78, 5) is 26.8. The third-order valence-electron chi connectivity index (χ3n) is 2.94. The first-order chi connectivity index (χ1) is 9.88. The fraction of sp³-hybridized carbons (Fsp3) is 0.333. The summed E-state index contributed by atoms with van der Waals surface area (Å²) in [5, 5.41) is 11.2. The Balaban J connectivity index is 2.34. The Morgan fingerprint density at radius 2 is 2.19 bits per heavy atom. The summed E-state index contributed by atoms with van der Waals surface area (Å²) in [6.07, 6.45) is 1.77. The topological polar surface area (TPSA) is 72.2 Å². The predicted octanol–water partition coefficient (Wildman–Crippen LogP) is 2.54. The summed E-state index contributed by atoms with van der Waals surface area (Å²) in [6.45, 7) is 0.550. The van der Waals surface area contributed by atoms with Crippen LogP contribution in [0.2, 0.25) is 9.88 Å². The summed E-state index contributed by atoms with van der Waals surface area (Å²) in [6, 6.07) is 3.38. The molecule has 0 saturated carbocycles. The molecule has 0 fully saturated rings. The second kappa shape index (κ2) is 7.01. The number of rotatable bonds is 5. The van der Waals surface area contributed by atoms with E-state index < -0.39 is 19.8 Å². The van der Waals surface area contributed by atoms with Crippen LogP contribution in [-0.2, 0) is 6.54 Å². The monoisotopic (exact) mass is 478 g/mol. The Morgan fingerprint density at radius 1 is 1.48 bits per heavy atom. The van der Waals surface area contributed by atoms with Gasteiger partial charge in [0, 0.05) is 0 Å². The first-order valence-corrected chi connectivity index (χ1v) is 16.2. The van der Waals surface area contributed by atoms with Crippen molar-refractivity contribution in [3.8, 4) is 0 Å². The Hall–Kier alpha value is -0.741. The summed E-state index contributed by atoms with van der Waals surface area (Å²) < 4.78 is 1.86. The fourth-order valence-electron chi connectivity index (χ4n) is 1.87. The molecular formula is C12H15BrN4O2SSn. The van der Waals surface area contributed by atoms with Gasteiger partial charge in [0.05, 0.1) is 0 Å². The van der Waals surface area contributed by atoms with Crippen molar-refractivity contribution >= 4 is 62.2 Å². The van der Waals surface area contributed by atoms with Crippen LogP contribution < -0.4 is 8.61 Å². The van der Waals surface area contributed by atoms with Crippen molar-refractivity contribution < 1.29 is 4.92 Å². The molecule has 21 heavy (non-hydrogen) atoms. The molecule has 2 rings (SSSR count). The molecular weight excluding hydrogens is 463 g/mol. The maximum atomic E-state index is 11.2. The standard InChI is InChI=1S/C10H8BrN4O2S.2CH3.Sn.H/c1-14(6-7-5-13-10(11)18-7)9-8(15(16)17)3-2-4-12-9;;;;/h2-3,5H,6H2,1H3;2*1H3;;. The molecule has 9 heteroatoms. The number of nitrogens with zero attached hydrogens (tertiary/aromatic N) is 4. The maximum absolute atomic E-state index is 11.2. The quantitative estimate of drug-likeness (QED) is 0.376. The van der Waals surface area contributed by atoms with E-state index in [1.165, 1.54) is 11.3 Å². The second-order valence-corrected chi connectivity index (χ2v) is 15.6. The number of aromatic nitrogens is 2. The van der Waals surface area contributed by atoms with E-state index in [1.807, 2.05) is 11.9 Å². The summed E-state index contributed by atoms with van der Waals surface area (Å²) in [5.41, 5.74) is 0.0526. The van der Waals surface area contributed by atoms with Crippen molar-refractivity contribution in [1.82, 2.24) is 9.97 Å². The SMILES string of the molecule is CN(Cc1cnc(Br)s1)c1n[c]([SnH]([CH3])[CH3])ccc1[N+](=O)[O-]. The van der Waals surface area contributed by atoms with E-state index >= 15 is 0 Å². The molecule has 0 aliphatic heterocycles. The van der Waals surface area contributed by atoms with E-state index in [0.29, 0.717) is 12.4 Å². The van der Waals surface area contributed by atoms with Crippen molar-refractivity contribution in [3.63, 3.8) is 0 Å². The first-order valence-electron chi connectivity index (χ1n) is 6.35. The van der Waals surface area contributed by atoms with Gasteiger partial charge in [0.1, 0.15) is 0 Å². The molecule has 6 nitrogen and oxygen atoms in total. The molecule has 0 aliphatic carbocycles. The molecule has 0 aliphatic rings. The minimum atomic E-state index is -1.79. The summed E-state index contributed by atoms with van der Waals surface area (Å²) >= 11 is 3.05. The van der Waals surface area contributed by atoms with Crippen molar-refractivity contribution in [1.29, 1.82) is 0 Å². The fourth-order valence-corrected chi connectivity index (χ4v) is 5.74. The molecule has 0 amide bonds. The van der Waals surface area contributed by atoms with Crippen molar-refractivity contribution in [2.45, 2.75) is 16.4 Å². The van der Waals surface area contributed by atoms with E-state index in [9.17, 15) is 10.1 Å². The van der Waals surface area contributed by atoms with Gasteiger partial charge in [-0.2, -0.15) is 0 Å². The number of nitro groups is 1. The third-order valence-corrected chi connectivity index (χ3v) is 8.70. The summed E-state index contributed by atoms with van der Waals surface area (Å²) in [5.74, 6) is 0.437. The number of pyridine rings is 1. The Bertz CT molecular complexity index is 664. The molecule has 2 heterocycles. The summed E-state index contributed by atoms with van der Waals surface area (Å²) in [7, 11) is 1.82. The van der Waals surface area contributed by atoms with Gasteiger partial charge < -0.3 is 0 Å². The van der Waals surface area contributed by atoms with Crippen LogP contribution in [0.3, 0.4) is 0 Å². The zero-order valence-electron chi connectivity index (χ0n) is 11.9. The normalized spacial score (nSPS) is 10.9. The molecule has 0 bridgehead atoms. The number of halogens is 1. The van der Waals surface area contributed by atoms with Gasteiger partial charge in [-0.3, -0.25) is 0 Å². The molecule has 0 spiro atoms. The van der Waals surface area contributed by atoms with Crippen molar-refractivity contribution in [3.05, 3.63) is 37.2 Å². The molecule has 0 unspecified atom stereocenters. The van der Waals surface area contributed by atoms with Gasteiger partial charge in [-0.15, -0.1) is 0 Å². The van der Waals surface area contributed by atoms with Crippen molar-refractivity contribution in [2.75, 3.05) is 11.9 Å². The Morgan fingerprint density at radius 3 is 2.71 bits per heavy atom. The molecule has 0 radical (unpaired) electrons. The van der Waals surface area contributed by atoms with Gasteiger partial charge in [0.15, 0.2) is 0 Å². The zero-order chi connectivity index (χ0) is 15.6. The van der Waals surface area contributed by atoms with Gasteiger partial charge in [-0.1, -0.05) is 0 Å². The van der Waals surface area contributed by atoms with Crippen LogP contribution in [0, 0.1) is 10.1 Å². The van der Waals surface area contributed by atoms with E-state index in [-0.39, 0.29) is 10.6 Å². The molecule has 2 aromatic rings. The van der Waals surface area contributed by atoms with Crippen LogP contribution in [0.15, 0.2) is 22.2 Å². The number of hydrogen-bond donors (Lipinski definition) is 0. The van der Waals surface area contributed by atoms with E-state index in [2.05, 4.69) is 35.8 Å². The van der Waals surface area contributed by atoms with E-state index in [1.54, 1.807) is 18.3 Å². The molecule has 0 N–H and O–H groups in total. The average molecular weight is 478 g/mol. The molecule has 2 aromatic heterocycles. The average Bonchev–Trinajstić information content (AvgIpc) is 2.83. The molecule has 0 atom stereocenters. The van der Waals surface area contributed by atoms with Gasteiger partial charge in [0.25, 0.3) is 0 Å². The number of hydrogen-bond acceptors (Lipinski definition) is 6. The van der Waals surface area contributed by atoms with E-state index in [0.717, 1.165) is 12.5 Å². The second-order valence-electron chi connectivity index (χ2n) is 4.93. The van der Waals surface area contributed by atoms with Gasteiger partial charge >= 0.3 is 143 Å². The van der Waals surface area contributed by atoms with Crippen molar-refractivity contribution in [2.24, 2.45) is 0 Å². The van der Waals surface area contributed by atoms with Crippen LogP contribution in [-0.4, -0.2) is 41.7 Å². The van der Waals surface area contributed by atoms with Crippen LogP contribution in [0.1, 0.15) is 4.88 Å². The van der Waals surface area contributed by atoms with Gasteiger partial charge in [-0.25, -0.2) is 0 Å².